The Labute approximate surface area is 127 Å². The Balaban J connectivity index is 1.64. The SMILES string of the molecule is CC(C)CC[C@@H]1CC2=CC(=O)O[C@@]23C[C@@H]1N1CCCC[C@@H]13. The van der Waals surface area contributed by atoms with E-state index in [2.05, 4.69) is 18.7 Å². The minimum atomic E-state index is -0.226. The molecule has 0 aromatic heterocycles. The molecule has 4 rings (SSSR count). The predicted molar refractivity (Wildman–Crippen MR) is 81.8 cm³/mol. The lowest BCUT2D eigenvalue weighted by Gasteiger charge is -2.38. The van der Waals surface area contributed by atoms with Crippen molar-refractivity contribution in [3.05, 3.63) is 11.6 Å². The molecule has 0 radical (unpaired) electrons. The van der Waals surface area contributed by atoms with Crippen molar-refractivity contribution in [2.24, 2.45) is 11.8 Å². The molecular weight excluding hydrogens is 262 g/mol. The highest BCUT2D eigenvalue weighted by Gasteiger charge is 2.63. The van der Waals surface area contributed by atoms with E-state index in [4.69, 9.17) is 4.74 Å². The van der Waals surface area contributed by atoms with Gasteiger partial charge in [-0.2, -0.15) is 0 Å². The molecule has 3 aliphatic heterocycles. The van der Waals surface area contributed by atoms with Gasteiger partial charge in [0.1, 0.15) is 0 Å². The zero-order chi connectivity index (χ0) is 14.6. The molecule has 3 fully saturated rings. The molecule has 0 N–H and O–H groups in total. The van der Waals surface area contributed by atoms with Crippen LogP contribution in [0, 0.1) is 11.8 Å². The number of hydrogen-bond donors (Lipinski definition) is 0. The second-order valence-electron chi connectivity index (χ2n) is 7.94. The Morgan fingerprint density at radius 1 is 1.43 bits per heavy atom. The molecule has 1 spiro atoms. The average molecular weight is 289 g/mol. The molecule has 4 aliphatic rings. The first-order valence-corrected chi connectivity index (χ1v) is 8.80. The number of nitrogens with zero attached hydrogens (tertiary/aromatic N) is 1. The molecule has 0 amide bonds. The van der Waals surface area contributed by atoms with Crippen molar-refractivity contribution in [2.75, 3.05) is 6.54 Å². The predicted octanol–water partition coefficient (Wildman–Crippen LogP) is 3.29. The number of fused-ring (bicyclic) bond motifs is 3. The van der Waals surface area contributed by atoms with Gasteiger partial charge in [-0.3, -0.25) is 4.90 Å². The van der Waals surface area contributed by atoms with Gasteiger partial charge >= 0.3 is 5.97 Å². The maximum atomic E-state index is 11.9. The molecule has 0 aromatic carbocycles. The van der Waals surface area contributed by atoms with Gasteiger partial charge in [0, 0.05) is 18.5 Å². The van der Waals surface area contributed by atoms with Crippen molar-refractivity contribution in [3.8, 4) is 0 Å². The minimum absolute atomic E-state index is 0.0827. The third-order valence-corrected chi connectivity index (χ3v) is 6.28. The average Bonchev–Trinajstić information content (AvgIpc) is 2.93. The molecular formula is C18H27NO2. The van der Waals surface area contributed by atoms with E-state index in [1.165, 1.54) is 44.2 Å². The van der Waals surface area contributed by atoms with E-state index in [-0.39, 0.29) is 11.6 Å². The molecule has 3 heteroatoms. The van der Waals surface area contributed by atoms with E-state index in [0.717, 1.165) is 24.7 Å². The standard InChI is InChI=1S/C18H27NO2/c1-12(2)6-7-13-9-14-10-17(20)21-18(14)11-15(13)19-8-4-3-5-16(18)19/h10,12-13,15-16H,3-9,11H2,1-2H3/t13-,15+,16-,18+/m1/s1. The second kappa shape index (κ2) is 4.84. The highest BCUT2D eigenvalue weighted by atomic mass is 16.6. The third-order valence-electron chi connectivity index (χ3n) is 6.28. The van der Waals surface area contributed by atoms with Gasteiger partial charge in [0.25, 0.3) is 0 Å². The largest absolute Gasteiger partial charge is 0.450 e. The Kier molecular flexibility index (Phi) is 3.18. The Morgan fingerprint density at radius 3 is 3.10 bits per heavy atom. The van der Waals surface area contributed by atoms with Crippen LogP contribution in [0.15, 0.2) is 11.6 Å². The number of hydrogen-bond acceptors (Lipinski definition) is 3. The number of carbonyl (C=O) groups excluding carboxylic acids is 1. The van der Waals surface area contributed by atoms with Crippen LogP contribution < -0.4 is 0 Å². The first-order valence-electron chi connectivity index (χ1n) is 8.80. The number of esters is 1. The maximum Gasteiger partial charge on any atom is 0.331 e. The fraction of sp³-hybridized carbons (Fsp3) is 0.833. The molecule has 21 heavy (non-hydrogen) atoms. The summed E-state index contributed by atoms with van der Waals surface area (Å²) in [6.07, 6.45) is 10.4. The molecule has 116 valence electrons. The van der Waals surface area contributed by atoms with Gasteiger partial charge in [-0.05, 0) is 49.6 Å². The van der Waals surface area contributed by atoms with Crippen LogP contribution in [-0.4, -0.2) is 35.1 Å². The summed E-state index contributed by atoms with van der Waals surface area (Å²) in [5.41, 5.74) is 1.10. The van der Waals surface area contributed by atoms with Crippen LogP contribution >= 0.6 is 0 Å². The minimum Gasteiger partial charge on any atom is -0.450 e. The van der Waals surface area contributed by atoms with Crippen LogP contribution in [0.4, 0.5) is 0 Å². The van der Waals surface area contributed by atoms with E-state index in [0.29, 0.717) is 12.1 Å². The van der Waals surface area contributed by atoms with Crippen LogP contribution in [0.2, 0.25) is 0 Å². The van der Waals surface area contributed by atoms with E-state index in [9.17, 15) is 4.79 Å². The lowest BCUT2D eigenvalue weighted by atomic mass is 9.71. The Bertz CT molecular complexity index is 484. The first kappa shape index (κ1) is 13.8. The lowest BCUT2D eigenvalue weighted by molar-refractivity contribution is -0.148. The molecule has 0 aromatic rings. The van der Waals surface area contributed by atoms with Crippen LogP contribution in [-0.2, 0) is 9.53 Å². The third kappa shape index (κ3) is 2.00. The Hall–Kier alpha value is -0.830. The second-order valence-corrected chi connectivity index (χ2v) is 7.94. The smallest absolute Gasteiger partial charge is 0.331 e. The molecule has 0 unspecified atom stereocenters. The fourth-order valence-electron chi connectivity index (χ4n) is 5.34. The van der Waals surface area contributed by atoms with Crippen molar-refractivity contribution in [2.45, 2.75) is 76.5 Å². The summed E-state index contributed by atoms with van der Waals surface area (Å²) in [5.74, 6) is 1.41. The van der Waals surface area contributed by atoms with Crippen molar-refractivity contribution in [1.82, 2.24) is 4.90 Å². The summed E-state index contributed by atoms with van der Waals surface area (Å²) in [5, 5.41) is 0. The van der Waals surface area contributed by atoms with Crippen molar-refractivity contribution in [3.63, 3.8) is 0 Å². The highest BCUT2D eigenvalue weighted by Crippen LogP contribution is 2.56. The zero-order valence-electron chi connectivity index (χ0n) is 13.3. The van der Waals surface area contributed by atoms with Crippen molar-refractivity contribution < 1.29 is 9.53 Å². The fourth-order valence-corrected chi connectivity index (χ4v) is 5.34. The number of rotatable bonds is 3. The van der Waals surface area contributed by atoms with E-state index >= 15 is 0 Å². The number of ether oxygens (including phenoxy) is 1. The molecule has 1 aliphatic carbocycles. The Morgan fingerprint density at radius 2 is 2.29 bits per heavy atom. The lowest BCUT2D eigenvalue weighted by Crippen LogP contribution is -2.48. The van der Waals surface area contributed by atoms with Gasteiger partial charge in [-0.15, -0.1) is 0 Å². The summed E-state index contributed by atoms with van der Waals surface area (Å²) in [6, 6.07) is 1.12. The molecule has 2 bridgehead atoms. The van der Waals surface area contributed by atoms with Gasteiger partial charge < -0.3 is 4.74 Å². The van der Waals surface area contributed by atoms with Crippen LogP contribution in [0.5, 0.6) is 0 Å². The first-order chi connectivity index (χ1) is 10.1. The molecule has 1 saturated carbocycles. The number of piperidine rings is 1. The quantitative estimate of drug-likeness (QED) is 0.747. The van der Waals surface area contributed by atoms with E-state index in [1.54, 1.807) is 0 Å². The summed E-state index contributed by atoms with van der Waals surface area (Å²) >= 11 is 0. The summed E-state index contributed by atoms with van der Waals surface area (Å²) in [4.78, 5) is 14.6. The van der Waals surface area contributed by atoms with Gasteiger partial charge in [0.15, 0.2) is 5.60 Å². The van der Waals surface area contributed by atoms with Crippen LogP contribution in [0.1, 0.15) is 58.8 Å². The van der Waals surface area contributed by atoms with Crippen molar-refractivity contribution >= 4 is 5.97 Å². The highest BCUT2D eigenvalue weighted by molar-refractivity contribution is 5.87. The summed E-state index contributed by atoms with van der Waals surface area (Å²) in [6.45, 7) is 5.83. The monoisotopic (exact) mass is 289 g/mol. The van der Waals surface area contributed by atoms with Gasteiger partial charge in [-0.1, -0.05) is 26.7 Å². The van der Waals surface area contributed by atoms with Gasteiger partial charge in [0.05, 0.1) is 6.04 Å². The maximum absolute atomic E-state index is 11.9. The molecule has 2 saturated heterocycles. The van der Waals surface area contributed by atoms with Crippen LogP contribution in [0.25, 0.3) is 0 Å². The summed E-state index contributed by atoms with van der Waals surface area (Å²) in [7, 11) is 0. The molecule has 4 atom stereocenters. The number of carbonyl (C=O) groups is 1. The van der Waals surface area contributed by atoms with Crippen LogP contribution in [0.3, 0.4) is 0 Å². The van der Waals surface area contributed by atoms with E-state index < -0.39 is 0 Å². The zero-order valence-corrected chi connectivity index (χ0v) is 13.3. The van der Waals surface area contributed by atoms with Gasteiger partial charge in [0.2, 0.25) is 0 Å². The molecule has 3 nitrogen and oxygen atoms in total. The van der Waals surface area contributed by atoms with E-state index in [1.807, 2.05) is 6.08 Å². The van der Waals surface area contributed by atoms with Crippen molar-refractivity contribution in [1.29, 1.82) is 0 Å². The van der Waals surface area contributed by atoms with Gasteiger partial charge in [-0.25, -0.2) is 4.79 Å². The summed E-state index contributed by atoms with van der Waals surface area (Å²) < 4.78 is 5.91. The normalized spacial score (nSPS) is 41.8. The molecule has 3 heterocycles. The topological polar surface area (TPSA) is 29.5 Å².